The third-order valence-corrected chi connectivity index (χ3v) is 1.57. The van der Waals surface area contributed by atoms with Crippen LogP contribution < -0.4 is 5.73 Å². The molecule has 0 aliphatic rings. The second-order valence-electron chi connectivity index (χ2n) is 2.31. The number of anilines is 1. The lowest BCUT2D eigenvalue weighted by Gasteiger charge is -2.00. The summed E-state index contributed by atoms with van der Waals surface area (Å²) in [4.78, 5) is 0. The molecule has 0 aliphatic heterocycles. The monoisotopic (exact) mass is 161 g/mol. The van der Waals surface area contributed by atoms with E-state index in [9.17, 15) is 8.78 Å². The van der Waals surface area contributed by atoms with E-state index >= 15 is 0 Å². The highest BCUT2D eigenvalue weighted by molar-refractivity contribution is 5.46. The topological polar surface area (TPSA) is 43.8 Å². The van der Waals surface area contributed by atoms with E-state index in [1.807, 2.05) is 0 Å². The second-order valence-corrected chi connectivity index (χ2v) is 2.31. The fourth-order valence-corrected chi connectivity index (χ4v) is 0.866. The predicted molar refractivity (Wildman–Crippen MR) is 37.4 cm³/mol. The van der Waals surface area contributed by atoms with Crippen molar-refractivity contribution >= 4 is 5.69 Å². The molecule has 2 N–H and O–H groups in total. The SMILES string of the molecule is Cc1nn(C(F)F)c(C)c1N. The summed E-state index contributed by atoms with van der Waals surface area (Å²) < 4.78 is 24.7. The van der Waals surface area contributed by atoms with Gasteiger partial charge in [0.05, 0.1) is 17.1 Å². The van der Waals surface area contributed by atoms with Crippen LogP contribution in [0.25, 0.3) is 0 Å². The van der Waals surface area contributed by atoms with Crippen LogP contribution in [0, 0.1) is 13.8 Å². The molecule has 1 aromatic rings. The van der Waals surface area contributed by atoms with Crippen LogP contribution in [0.3, 0.4) is 0 Å². The Morgan fingerprint density at radius 2 is 2.00 bits per heavy atom. The first-order valence-electron chi connectivity index (χ1n) is 3.13. The molecule has 0 bridgehead atoms. The summed E-state index contributed by atoms with van der Waals surface area (Å²) in [7, 11) is 0. The zero-order valence-electron chi connectivity index (χ0n) is 6.31. The minimum absolute atomic E-state index is 0.317. The number of halogens is 2. The van der Waals surface area contributed by atoms with Gasteiger partial charge in [-0.15, -0.1) is 0 Å². The number of aryl methyl sites for hydroxylation is 1. The Kier molecular flexibility index (Phi) is 1.80. The van der Waals surface area contributed by atoms with Gasteiger partial charge < -0.3 is 5.73 Å². The summed E-state index contributed by atoms with van der Waals surface area (Å²) in [5, 5.41) is 3.55. The lowest BCUT2D eigenvalue weighted by atomic mass is 10.3. The third kappa shape index (κ3) is 1.18. The largest absolute Gasteiger partial charge is 0.396 e. The number of hydrogen-bond donors (Lipinski definition) is 1. The van der Waals surface area contributed by atoms with Crippen LogP contribution >= 0.6 is 0 Å². The minimum Gasteiger partial charge on any atom is -0.396 e. The molecule has 0 radical (unpaired) electrons. The molecule has 1 rings (SSSR count). The molecule has 0 unspecified atom stereocenters. The molecule has 62 valence electrons. The number of nitrogen functional groups attached to an aromatic ring is 1. The van der Waals surface area contributed by atoms with E-state index in [4.69, 9.17) is 5.73 Å². The van der Waals surface area contributed by atoms with Crippen LogP contribution in [0.4, 0.5) is 14.5 Å². The number of rotatable bonds is 1. The van der Waals surface area contributed by atoms with Gasteiger partial charge in [-0.05, 0) is 13.8 Å². The Bertz CT molecular complexity index is 267. The second kappa shape index (κ2) is 2.48. The Labute approximate surface area is 62.8 Å². The number of nitrogens with two attached hydrogens (primary N) is 1. The number of nitrogens with zero attached hydrogens (tertiary/aromatic N) is 2. The number of aromatic nitrogens is 2. The molecule has 0 atom stereocenters. The first kappa shape index (κ1) is 7.97. The molecule has 5 heteroatoms. The summed E-state index contributed by atoms with van der Waals surface area (Å²) in [6.45, 7) is 0.508. The van der Waals surface area contributed by atoms with Crippen molar-refractivity contribution in [2.45, 2.75) is 20.4 Å². The van der Waals surface area contributed by atoms with E-state index in [-0.39, 0.29) is 0 Å². The van der Waals surface area contributed by atoms with Gasteiger partial charge in [0.15, 0.2) is 0 Å². The fraction of sp³-hybridized carbons (Fsp3) is 0.500. The van der Waals surface area contributed by atoms with E-state index in [1.165, 1.54) is 6.92 Å². The summed E-state index contributed by atoms with van der Waals surface area (Å²) in [6, 6.07) is 0. The zero-order chi connectivity index (χ0) is 8.59. The minimum atomic E-state index is -2.61. The van der Waals surface area contributed by atoms with Gasteiger partial charge in [-0.3, -0.25) is 0 Å². The van der Waals surface area contributed by atoms with Crippen molar-refractivity contribution in [2.24, 2.45) is 0 Å². The molecule has 0 spiro atoms. The molecule has 0 aliphatic carbocycles. The molecule has 1 aromatic heterocycles. The summed E-state index contributed by atoms with van der Waals surface area (Å²) >= 11 is 0. The lowest BCUT2D eigenvalue weighted by molar-refractivity contribution is 0.0542. The van der Waals surface area contributed by atoms with Crippen molar-refractivity contribution in [1.29, 1.82) is 0 Å². The van der Waals surface area contributed by atoms with Crippen LogP contribution in [0.2, 0.25) is 0 Å². The lowest BCUT2D eigenvalue weighted by Crippen LogP contribution is -2.02. The van der Waals surface area contributed by atoms with Crippen LogP contribution in [-0.2, 0) is 0 Å². The Morgan fingerprint density at radius 3 is 2.18 bits per heavy atom. The summed E-state index contributed by atoms with van der Waals surface area (Å²) in [5.74, 6) is 0. The van der Waals surface area contributed by atoms with Crippen LogP contribution in [0.5, 0.6) is 0 Å². The van der Waals surface area contributed by atoms with E-state index < -0.39 is 6.55 Å². The molecule has 0 aromatic carbocycles. The van der Waals surface area contributed by atoms with Crippen molar-refractivity contribution < 1.29 is 8.78 Å². The molecule has 0 saturated carbocycles. The molecule has 0 amide bonds. The molecule has 1 heterocycles. The molecular formula is C6H9F2N3. The number of hydrogen-bond acceptors (Lipinski definition) is 2. The summed E-state index contributed by atoms with van der Waals surface area (Å²) in [5.41, 5.74) is 6.53. The van der Waals surface area contributed by atoms with Crippen LogP contribution in [0.15, 0.2) is 0 Å². The first-order chi connectivity index (χ1) is 5.04. The average Bonchev–Trinajstić information content (AvgIpc) is 2.17. The van der Waals surface area contributed by atoms with Crippen molar-refractivity contribution in [3.05, 3.63) is 11.4 Å². The maximum Gasteiger partial charge on any atom is 0.333 e. The highest BCUT2D eigenvalue weighted by Gasteiger charge is 2.14. The van der Waals surface area contributed by atoms with Gasteiger partial charge in [-0.25, -0.2) is 4.68 Å². The number of alkyl halides is 2. The fourth-order valence-electron chi connectivity index (χ4n) is 0.866. The molecular weight excluding hydrogens is 152 g/mol. The van der Waals surface area contributed by atoms with E-state index in [0.717, 1.165) is 0 Å². The van der Waals surface area contributed by atoms with Gasteiger partial charge in [-0.2, -0.15) is 13.9 Å². The Balaban J connectivity index is 3.19. The Morgan fingerprint density at radius 1 is 1.45 bits per heavy atom. The molecule has 0 fully saturated rings. The van der Waals surface area contributed by atoms with Crippen molar-refractivity contribution in [3.63, 3.8) is 0 Å². The van der Waals surface area contributed by atoms with Crippen LogP contribution in [-0.4, -0.2) is 9.78 Å². The standard InChI is InChI=1S/C6H9F2N3/c1-3-5(9)4(2)11(10-3)6(7)8/h6H,9H2,1-2H3. The zero-order valence-corrected chi connectivity index (χ0v) is 6.31. The van der Waals surface area contributed by atoms with Gasteiger partial charge in [0, 0.05) is 0 Å². The smallest absolute Gasteiger partial charge is 0.333 e. The van der Waals surface area contributed by atoms with E-state index in [1.54, 1.807) is 6.92 Å². The maximum absolute atomic E-state index is 12.1. The van der Waals surface area contributed by atoms with Gasteiger partial charge in [0.25, 0.3) is 0 Å². The van der Waals surface area contributed by atoms with E-state index in [2.05, 4.69) is 5.10 Å². The van der Waals surface area contributed by atoms with Crippen molar-refractivity contribution in [3.8, 4) is 0 Å². The Hall–Kier alpha value is -1.13. The third-order valence-electron chi connectivity index (χ3n) is 1.57. The van der Waals surface area contributed by atoms with Gasteiger partial charge >= 0.3 is 6.55 Å². The maximum atomic E-state index is 12.1. The highest BCUT2D eigenvalue weighted by atomic mass is 19.3. The normalized spacial score (nSPS) is 11.0. The quantitative estimate of drug-likeness (QED) is 0.677. The van der Waals surface area contributed by atoms with Crippen molar-refractivity contribution in [2.75, 3.05) is 5.73 Å². The van der Waals surface area contributed by atoms with E-state index in [0.29, 0.717) is 21.8 Å². The molecule has 3 nitrogen and oxygen atoms in total. The highest BCUT2D eigenvalue weighted by Crippen LogP contribution is 2.20. The molecule has 0 saturated heterocycles. The first-order valence-corrected chi connectivity index (χ1v) is 3.13. The van der Waals surface area contributed by atoms with Gasteiger partial charge in [0.2, 0.25) is 0 Å². The van der Waals surface area contributed by atoms with Gasteiger partial charge in [0.1, 0.15) is 0 Å². The predicted octanol–water partition coefficient (Wildman–Crippen LogP) is 1.48. The van der Waals surface area contributed by atoms with Crippen LogP contribution in [0.1, 0.15) is 17.9 Å². The van der Waals surface area contributed by atoms with Gasteiger partial charge in [-0.1, -0.05) is 0 Å². The molecule has 11 heavy (non-hydrogen) atoms. The average molecular weight is 161 g/mol. The summed E-state index contributed by atoms with van der Waals surface area (Å²) in [6.07, 6.45) is 0. The van der Waals surface area contributed by atoms with Crippen molar-refractivity contribution in [1.82, 2.24) is 9.78 Å².